The van der Waals surface area contributed by atoms with Crippen molar-refractivity contribution in [1.82, 2.24) is 10.6 Å². The molecule has 0 bridgehead atoms. The first kappa shape index (κ1) is 29.3. The first-order valence-electron chi connectivity index (χ1n) is 10.8. The van der Waals surface area contributed by atoms with Crippen LogP contribution in [0.5, 0.6) is 0 Å². The van der Waals surface area contributed by atoms with E-state index in [-0.39, 0.29) is 31.4 Å². The molecule has 31 heavy (non-hydrogen) atoms. The summed E-state index contributed by atoms with van der Waals surface area (Å²) >= 11 is 0. The quantitative estimate of drug-likeness (QED) is 0.324. The molecule has 0 atom stereocenters. The highest BCUT2D eigenvalue weighted by atomic mass is 16.5. The van der Waals surface area contributed by atoms with Gasteiger partial charge in [0.25, 0.3) is 0 Å². The Bertz CT molecular complexity index is 650. The van der Waals surface area contributed by atoms with Gasteiger partial charge < -0.3 is 25.6 Å². The molecule has 0 aliphatic rings. The van der Waals surface area contributed by atoms with Crippen molar-refractivity contribution in [1.29, 1.82) is 0 Å². The van der Waals surface area contributed by atoms with Crippen LogP contribution in [-0.4, -0.2) is 58.9 Å². The number of aliphatic hydroxyl groups excluding tert-OH is 1. The molecule has 0 heterocycles. The van der Waals surface area contributed by atoms with Gasteiger partial charge in [0, 0.05) is 22.9 Å². The second-order valence-corrected chi connectivity index (χ2v) is 11.7. The van der Waals surface area contributed by atoms with Gasteiger partial charge in [0.1, 0.15) is 0 Å². The van der Waals surface area contributed by atoms with Gasteiger partial charge in [-0.3, -0.25) is 14.4 Å². The molecule has 0 saturated carbocycles. The molecule has 8 nitrogen and oxygen atoms in total. The lowest BCUT2D eigenvalue weighted by molar-refractivity contribution is -0.150. The van der Waals surface area contributed by atoms with E-state index in [1.165, 1.54) is 0 Å². The third-order valence-electron chi connectivity index (χ3n) is 5.29. The van der Waals surface area contributed by atoms with Crippen LogP contribution in [0.15, 0.2) is 0 Å². The number of nitrogens with one attached hydrogen (secondary N) is 2. The predicted octanol–water partition coefficient (Wildman–Crippen LogP) is 2.73. The van der Waals surface area contributed by atoms with E-state index in [9.17, 15) is 24.6 Å². The van der Waals surface area contributed by atoms with Crippen molar-refractivity contribution in [3.05, 3.63) is 0 Å². The highest BCUT2D eigenvalue weighted by molar-refractivity contribution is 5.85. The number of carboxylic acids is 1. The lowest BCUT2D eigenvalue weighted by atomic mass is 9.73. The maximum absolute atomic E-state index is 12.9. The van der Waals surface area contributed by atoms with E-state index in [1.54, 1.807) is 41.5 Å². The molecular weight excluding hydrogens is 400 g/mol. The Morgan fingerprint density at radius 2 is 1.26 bits per heavy atom. The fourth-order valence-corrected chi connectivity index (χ4v) is 3.74. The van der Waals surface area contributed by atoms with Gasteiger partial charge in [-0.2, -0.15) is 0 Å². The van der Waals surface area contributed by atoms with Crippen LogP contribution in [0.4, 0.5) is 0 Å². The van der Waals surface area contributed by atoms with Gasteiger partial charge in [0.2, 0.25) is 11.8 Å². The SMILES string of the molecule is CC(C)(CC(C)(C)C(=O)NCCOC(C)(C)CO)NC(=O)C(C)(C)CC(C)(C)C(=O)O. The van der Waals surface area contributed by atoms with Gasteiger partial charge >= 0.3 is 5.97 Å². The maximum atomic E-state index is 12.9. The van der Waals surface area contributed by atoms with E-state index in [4.69, 9.17) is 4.74 Å². The van der Waals surface area contributed by atoms with Crippen molar-refractivity contribution >= 4 is 17.8 Å². The van der Waals surface area contributed by atoms with Crippen LogP contribution >= 0.6 is 0 Å². The lowest BCUT2D eigenvalue weighted by Gasteiger charge is -2.38. The second-order valence-electron chi connectivity index (χ2n) is 11.7. The topological polar surface area (TPSA) is 125 Å². The van der Waals surface area contributed by atoms with E-state index in [2.05, 4.69) is 10.6 Å². The second kappa shape index (κ2) is 10.3. The first-order chi connectivity index (χ1) is 13.7. The Balaban J connectivity index is 4.95. The van der Waals surface area contributed by atoms with Gasteiger partial charge in [0.05, 0.1) is 24.2 Å². The van der Waals surface area contributed by atoms with Crippen molar-refractivity contribution < 1.29 is 29.3 Å². The Hall–Kier alpha value is -1.67. The van der Waals surface area contributed by atoms with Crippen molar-refractivity contribution in [3.8, 4) is 0 Å². The molecule has 0 aromatic rings. The van der Waals surface area contributed by atoms with Crippen LogP contribution in [0.2, 0.25) is 0 Å². The zero-order valence-electron chi connectivity index (χ0n) is 21.1. The van der Waals surface area contributed by atoms with Gasteiger partial charge in [-0.25, -0.2) is 0 Å². The number of rotatable bonds is 13. The van der Waals surface area contributed by atoms with Crippen LogP contribution in [0.25, 0.3) is 0 Å². The molecule has 0 aromatic carbocycles. The highest BCUT2D eigenvalue weighted by Crippen LogP contribution is 2.35. The van der Waals surface area contributed by atoms with E-state index >= 15 is 0 Å². The van der Waals surface area contributed by atoms with Crippen LogP contribution in [0, 0.1) is 16.2 Å². The lowest BCUT2D eigenvalue weighted by Crippen LogP contribution is -2.53. The summed E-state index contributed by atoms with van der Waals surface area (Å²) in [6.45, 7) is 18.0. The number of aliphatic carboxylic acids is 1. The standard InChI is InChI=1S/C23H44N2O6/c1-19(2,13-21(5,6)18(29)30)17(28)25-22(7,8)14-20(3,4)16(27)24-11-12-31-23(9,10)15-26/h26H,11-15H2,1-10H3,(H,24,27)(H,25,28)(H,29,30). The molecule has 4 N–H and O–H groups in total. The minimum atomic E-state index is -1.03. The molecule has 0 spiro atoms. The van der Waals surface area contributed by atoms with Crippen molar-refractivity contribution in [3.63, 3.8) is 0 Å². The predicted molar refractivity (Wildman–Crippen MR) is 121 cm³/mol. The summed E-state index contributed by atoms with van der Waals surface area (Å²) in [6.07, 6.45) is 0.574. The largest absolute Gasteiger partial charge is 0.481 e. The normalized spacial score (nSPS) is 13.6. The summed E-state index contributed by atoms with van der Waals surface area (Å²) in [5.41, 5.74) is -4.01. The van der Waals surface area contributed by atoms with E-state index in [1.807, 2.05) is 27.7 Å². The van der Waals surface area contributed by atoms with Crippen LogP contribution in [-0.2, 0) is 19.1 Å². The zero-order chi connectivity index (χ0) is 24.9. The number of ether oxygens (including phenoxy) is 1. The molecule has 0 aliphatic carbocycles. The average molecular weight is 445 g/mol. The van der Waals surface area contributed by atoms with Crippen LogP contribution in [0.3, 0.4) is 0 Å². The summed E-state index contributed by atoms with van der Waals surface area (Å²) in [6, 6.07) is 0. The van der Waals surface area contributed by atoms with Crippen molar-refractivity contribution in [2.75, 3.05) is 19.8 Å². The van der Waals surface area contributed by atoms with Gasteiger partial charge in [-0.05, 0) is 54.4 Å². The fourth-order valence-electron chi connectivity index (χ4n) is 3.74. The molecule has 0 saturated heterocycles. The van der Waals surface area contributed by atoms with E-state index in [0.717, 1.165) is 0 Å². The molecule has 2 amide bonds. The fraction of sp³-hybridized carbons (Fsp3) is 0.870. The average Bonchev–Trinajstić information content (AvgIpc) is 2.55. The van der Waals surface area contributed by atoms with Gasteiger partial charge in [-0.1, -0.05) is 27.7 Å². The molecule has 0 fully saturated rings. The van der Waals surface area contributed by atoms with E-state index in [0.29, 0.717) is 13.0 Å². The number of carbonyl (C=O) groups is 3. The van der Waals surface area contributed by atoms with Crippen LogP contribution in [0.1, 0.15) is 82.1 Å². The minimum absolute atomic E-state index is 0.111. The molecule has 0 rings (SSSR count). The smallest absolute Gasteiger partial charge is 0.309 e. The number of hydrogen-bond acceptors (Lipinski definition) is 5. The molecule has 0 aromatic heterocycles. The Labute approximate surface area is 187 Å². The summed E-state index contributed by atoms with van der Waals surface area (Å²) < 4.78 is 5.53. The summed E-state index contributed by atoms with van der Waals surface area (Å²) in [5.74, 6) is -1.36. The zero-order valence-corrected chi connectivity index (χ0v) is 21.1. The number of carbonyl (C=O) groups excluding carboxylic acids is 2. The third kappa shape index (κ3) is 9.99. The third-order valence-corrected chi connectivity index (χ3v) is 5.29. The molecular formula is C23H44N2O6. The van der Waals surface area contributed by atoms with Gasteiger partial charge in [0.15, 0.2) is 0 Å². The number of amides is 2. The number of aliphatic hydroxyl groups is 1. The van der Waals surface area contributed by atoms with Crippen molar-refractivity contribution in [2.24, 2.45) is 16.2 Å². The molecule has 0 aliphatic heterocycles. The summed E-state index contributed by atoms with van der Waals surface area (Å²) in [7, 11) is 0. The highest BCUT2D eigenvalue weighted by Gasteiger charge is 2.42. The monoisotopic (exact) mass is 444 g/mol. The van der Waals surface area contributed by atoms with Crippen LogP contribution < -0.4 is 10.6 Å². The van der Waals surface area contributed by atoms with Gasteiger partial charge in [-0.15, -0.1) is 0 Å². The molecule has 0 unspecified atom stereocenters. The van der Waals surface area contributed by atoms with Crippen molar-refractivity contribution in [2.45, 2.75) is 93.2 Å². The first-order valence-corrected chi connectivity index (χ1v) is 10.8. The Kier molecular flexibility index (Phi) is 9.74. The molecule has 8 heteroatoms. The number of hydrogen-bond donors (Lipinski definition) is 4. The van der Waals surface area contributed by atoms with E-state index < -0.39 is 33.4 Å². The Morgan fingerprint density at radius 1 is 0.774 bits per heavy atom. The molecule has 182 valence electrons. The minimum Gasteiger partial charge on any atom is -0.481 e. The maximum Gasteiger partial charge on any atom is 0.309 e. The summed E-state index contributed by atoms with van der Waals surface area (Å²) in [4.78, 5) is 37.1. The Morgan fingerprint density at radius 3 is 1.71 bits per heavy atom. The summed E-state index contributed by atoms with van der Waals surface area (Å²) in [5, 5.41) is 24.4. The number of carboxylic acid groups (broad SMARTS) is 1. The molecule has 0 radical (unpaired) electrons.